The SMILES string of the molecule is COCCn1c(CN(C(=O)Nc2ccc(C)cc2)C(C)C)cnc1S(=O)(=O)Cc1ccccc1. The summed E-state index contributed by atoms with van der Waals surface area (Å²) in [5.74, 6) is -0.154. The number of hydrogen-bond donors (Lipinski definition) is 1. The Morgan fingerprint density at radius 3 is 2.41 bits per heavy atom. The molecule has 1 heterocycles. The number of benzene rings is 2. The highest BCUT2D eigenvalue weighted by Crippen LogP contribution is 2.20. The van der Waals surface area contributed by atoms with Crippen LogP contribution in [0.4, 0.5) is 10.5 Å². The van der Waals surface area contributed by atoms with E-state index >= 15 is 0 Å². The standard InChI is InChI=1S/C25H32N4O4S/c1-19(2)29(24(30)27-22-12-10-20(3)11-13-22)17-23-16-26-25(28(23)14-15-33-4)34(31,32)18-21-8-6-5-7-9-21/h5-13,16,19H,14-15,17-18H2,1-4H3,(H,27,30). The van der Waals surface area contributed by atoms with E-state index in [1.807, 2.05) is 51.1 Å². The molecule has 3 rings (SSSR count). The number of nitrogens with zero attached hydrogens (tertiary/aromatic N) is 3. The molecule has 9 heteroatoms. The van der Waals surface area contributed by atoms with Gasteiger partial charge in [-0.1, -0.05) is 48.0 Å². The minimum absolute atomic E-state index is 0.0222. The second-order valence-corrected chi connectivity index (χ2v) is 10.3. The molecular weight excluding hydrogens is 452 g/mol. The van der Waals surface area contributed by atoms with E-state index in [0.29, 0.717) is 30.1 Å². The summed E-state index contributed by atoms with van der Waals surface area (Å²) in [6.45, 7) is 6.63. The molecule has 0 bridgehead atoms. The Bertz CT molecular complexity index is 1190. The van der Waals surface area contributed by atoms with Crippen molar-refractivity contribution in [3.8, 4) is 0 Å². The van der Waals surface area contributed by atoms with Crippen LogP contribution < -0.4 is 5.32 Å². The number of imidazole rings is 1. The van der Waals surface area contributed by atoms with Crippen LogP contribution in [-0.4, -0.2) is 48.7 Å². The average molecular weight is 485 g/mol. The molecule has 3 aromatic rings. The fraction of sp³-hybridized carbons (Fsp3) is 0.360. The number of aryl methyl sites for hydroxylation is 1. The Labute approximate surface area is 201 Å². The number of aromatic nitrogens is 2. The molecule has 182 valence electrons. The first kappa shape index (κ1) is 25.5. The molecule has 0 atom stereocenters. The number of sulfone groups is 1. The van der Waals surface area contributed by atoms with Crippen molar-refractivity contribution in [3.63, 3.8) is 0 Å². The predicted molar refractivity (Wildman–Crippen MR) is 132 cm³/mol. The van der Waals surface area contributed by atoms with Crippen molar-refractivity contribution in [1.29, 1.82) is 0 Å². The Morgan fingerprint density at radius 2 is 1.79 bits per heavy atom. The fourth-order valence-electron chi connectivity index (χ4n) is 3.54. The first-order chi connectivity index (χ1) is 16.2. The topological polar surface area (TPSA) is 93.5 Å². The zero-order valence-electron chi connectivity index (χ0n) is 20.1. The van der Waals surface area contributed by atoms with Gasteiger partial charge in [-0.05, 0) is 38.5 Å². The summed E-state index contributed by atoms with van der Waals surface area (Å²) in [5, 5.41) is 2.90. The molecule has 0 saturated heterocycles. The number of carbonyl (C=O) groups is 1. The lowest BCUT2D eigenvalue weighted by molar-refractivity contribution is 0.177. The zero-order valence-corrected chi connectivity index (χ0v) is 20.9. The maximum atomic E-state index is 13.2. The Morgan fingerprint density at radius 1 is 1.12 bits per heavy atom. The summed E-state index contributed by atoms with van der Waals surface area (Å²) in [4.78, 5) is 19.0. The lowest BCUT2D eigenvalue weighted by Gasteiger charge is -2.27. The fourth-order valence-corrected chi connectivity index (χ4v) is 5.06. The molecule has 1 aromatic heterocycles. The molecule has 0 saturated carbocycles. The molecule has 0 aliphatic heterocycles. The van der Waals surface area contributed by atoms with Crippen LogP contribution in [0.3, 0.4) is 0 Å². The average Bonchev–Trinajstić information content (AvgIpc) is 3.21. The van der Waals surface area contributed by atoms with Crippen molar-refractivity contribution >= 4 is 21.6 Å². The van der Waals surface area contributed by atoms with Gasteiger partial charge >= 0.3 is 6.03 Å². The summed E-state index contributed by atoms with van der Waals surface area (Å²) in [5.41, 5.74) is 3.10. The van der Waals surface area contributed by atoms with Crippen LogP contribution in [0, 0.1) is 6.92 Å². The molecule has 0 fully saturated rings. The number of hydrogen-bond acceptors (Lipinski definition) is 5. The van der Waals surface area contributed by atoms with Crippen molar-refractivity contribution in [2.75, 3.05) is 19.0 Å². The first-order valence-corrected chi connectivity index (χ1v) is 12.8. The maximum Gasteiger partial charge on any atom is 0.322 e. The molecule has 1 N–H and O–H groups in total. The second kappa shape index (κ2) is 11.3. The van der Waals surface area contributed by atoms with Crippen molar-refractivity contribution in [1.82, 2.24) is 14.5 Å². The van der Waals surface area contributed by atoms with Crippen LogP contribution in [-0.2, 0) is 33.4 Å². The van der Waals surface area contributed by atoms with Crippen LogP contribution in [0.15, 0.2) is 66.0 Å². The largest absolute Gasteiger partial charge is 0.383 e. The van der Waals surface area contributed by atoms with Crippen molar-refractivity contribution in [2.45, 2.75) is 50.8 Å². The van der Waals surface area contributed by atoms with Crippen molar-refractivity contribution in [3.05, 3.63) is 77.6 Å². The van der Waals surface area contributed by atoms with E-state index < -0.39 is 9.84 Å². The van der Waals surface area contributed by atoms with E-state index in [1.54, 1.807) is 40.8 Å². The Kier molecular flexibility index (Phi) is 8.46. The quantitative estimate of drug-likeness (QED) is 0.464. The third-order valence-corrected chi connectivity index (χ3v) is 7.01. The summed E-state index contributed by atoms with van der Waals surface area (Å²) < 4.78 is 33.3. The smallest absolute Gasteiger partial charge is 0.322 e. The summed E-state index contributed by atoms with van der Waals surface area (Å²) in [6, 6.07) is 16.2. The number of amides is 2. The third-order valence-electron chi connectivity index (χ3n) is 5.42. The van der Waals surface area contributed by atoms with Gasteiger partial charge < -0.3 is 19.5 Å². The van der Waals surface area contributed by atoms with Gasteiger partial charge in [0.1, 0.15) is 0 Å². The number of urea groups is 1. The normalized spacial score (nSPS) is 11.6. The van der Waals surface area contributed by atoms with Crippen LogP contribution in [0.2, 0.25) is 0 Å². The van der Waals surface area contributed by atoms with E-state index in [9.17, 15) is 13.2 Å². The third kappa shape index (κ3) is 6.45. The van der Waals surface area contributed by atoms with Gasteiger partial charge in [-0.3, -0.25) is 0 Å². The second-order valence-electron chi connectivity index (χ2n) is 8.44. The number of anilines is 1. The lowest BCUT2D eigenvalue weighted by atomic mass is 10.2. The maximum absolute atomic E-state index is 13.2. The van der Waals surface area contributed by atoms with Gasteiger partial charge in [0.15, 0.2) is 0 Å². The van der Waals surface area contributed by atoms with Crippen LogP contribution in [0.1, 0.15) is 30.7 Å². The summed E-state index contributed by atoms with van der Waals surface area (Å²) in [6.07, 6.45) is 1.53. The van der Waals surface area contributed by atoms with Gasteiger partial charge in [-0.25, -0.2) is 18.2 Å². The van der Waals surface area contributed by atoms with Gasteiger partial charge in [-0.2, -0.15) is 0 Å². The van der Waals surface area contributed by atoms with Gasteiger partial charge in [0.25, 0.3) is 0 Å². The number of methoxy groups -OCH3 is 1. The summed E-state index contributed by atoms with van der Waals surface area (Å²) >= 11 is 0. The number of nitrogens with one attached hydrogen (secondary N) is 1. The van der Waals surface area contributed by atoms with Gasteiger partial charge in [0.05, 0.1) is 30.8 Å². The molecule has 0 unspecified atom stereocenters. The van der Waals surface area contributed by atoms with E-state index in [0.717, 1.165) is 5.56 Å². The monoisotopic (exact) mass is 484 g/mol. The van der Waals surface area contributed by atoms with Crippen molar-refractivity contribution in [2.24, 2.45) is 0 Å². The Hall–Kier alpha value is -3.17. The lowest BCUT2D eigenvalue weighted by Crippen LogP contribution is -2.40. The molecule has 2 amide bonds. The molecule has 0 spiro atoms. The van der Waals surface area contributed by atoms with Gasteiger partial charge in [0, 0.05) is 25.4 Å². The number of ether oxygens (including phenoxy) is 1. The molecular formula is C25H32N4O4S. The summed E-state index contributed by atoms with van der Waals surface area (Å²) in [7, 11) is -2.15. The van der Waals surface area contributed by atoms with E-state index in [-0.39, 0.29) is 29.5 Å². The van der Waals surface area contributed by atoms with E-state index in [2.05, 4.69) is 10.3 Å². The van der Waals surface area contributed by atoms with Gasteiger partial charge in [0.2, 0.25) is 15.0 Å². The highest BCUT2D eigenvalue weighted by atomic mass is 32.2. The van der Waals surface area contributed by atoms with E-state index in [1.165, 1.54) is 6.20 Å². The first-order valence-electron chi connectivity index (χ1n) is 11.2. The van der Waals surface area contributed by atoms with Gasteiger partial charge in [-0.15, -0.1) is 0 Å². The number of rotatable bonds is 10. The minimum atomic E-state index is -3.71. The molecule has 0 aliphatic rings. The molecule has 8 nitrogen and oxygen atoms in total. The van der Waals surface area contributed by atoms with Crippen LogP contribution >= 0.6 is 0 Å². The predicted octanol–water partition coefficient (Wildman–Crippen LogP) is 4.25. The molecule has 0 aliphatic carbocycles. The minimum Gasteiger partial charge on any atom is -0.383 e. The highest BCUT2D eigenvalue weighted by Gasteiger charge is 2.26. The number of carbonyl (C=O) groups excluding carboxylic acids is 1. The highest BCUT2D eigenvalue weighted by molar-refractivity contribution is 7.90. The molecule has 2 aromatic carbocycles. The van der Waals surface area contributed by atoms with E-state index in [4.69, 9.17) is 4.74 Å². The zero-order chi connectivity index (χ0) is 24.7. The van der Waals surface area contributed by atoms with Crippen molar-refractivity contribution < 1.29 is 17.9 Å². The van der Waals surface area contributed by atoms with Crippen LogP contribution in [0.25, 0.3) is 0 Å². The molecule has 0 radical (unpaired) electrons. The van der Waals surface area contributed by atoms with Crippen LogP contribution in [0.5, 0.6) is 0 Å². The Balaban J connectivity index is 1.87. The molecule has 34 heavy (non-hydrogen) atoms.